The predicted molar refractivity (Wildman–Crippen MR) is 109 cm³/mol. The van der Waals surface area contributed by atoms with E-state index in [0.29, 0.717) is 22.4 Å². The van der Waals surface area contributed by atoms with Crippen molar-refractivity contribution in [1.29, 1.82) is 5.26 Å². The zero-order valence-corrected chi connectivity index (χ0v) is 15.6. The van der Waals surface area contributed by atoms with Crippen molar-refractivity contribution in [2.45, 2.75) is 13.8 Å². The highest BCUT2D eigenvalue weighted by Crippen LogP contribution is 2.19. The Morgan fingerprint density at radius 2 is 1.36 bits per heavy atom. The molecule has 0 heterocycles. The Balaban J connectivity index is 1.68. The number of hydrogen-bond donors (Lipinski definition) is 2. The summed E-state index contributed by atoms with van der Waals surface area (Å²) in [6.45, 7) is 3.95. The monoisotopic (exact) mass is 369 g/mol. The Hall–Kier alpha value is -3.91. The molecule has 0 aliphatic carbocycles. The number of rotatable bonds is 4. The molecule has 2 N–H and O–H groups in total. The maximum absolute atomic E-state index is 12.5. The molecule has 0 saturated heterocycles. The molecule has 0 fully saturated rings. The van der Waals surface area contributed by atoms with E-state index in [0.717, 1.165) is 16.8 Å². The molecule has 0 unspecified atom stereocenters. The van der Waals surface area contributed by atoms with Gasteiger partial charge < -0.3 is 10.6 Å². The van der Waals surface area contributed by atoms with Crippen LogP contribution in [0.2, 0.25) is 0 Å². The van der Waals surface area contributed by atoms with Crippen molar-refractivity contribution in [3.63, 3.8) is 0 Å². The van der Waals surface area contributed by atoms with Crippen molar-refractivity contribution < 1.29 is 9.59 Å². The van der Waals surface area contributed by atoms with Crippen molar-refractivity contribution in [1.82, 2.24) is 0 Å². The van der Waals surface area contributed by atoms with Crippen molar-refractivity contribution in [2.75, 3.05) is 10.6 Å². The van der Waals surface area contributed by atoms with E-state index in [-0.39, 0.29) is 11.8 Å². The summed E-state index contributed by atoms with van der Waals surface area (Å²) in [5.41, 5.74) is 4.93. The molecular weight excluding hydrogens is 350 g/mol. The first-order valence-corrected chi connectivity index (χ1v) is 8.77. The van der Waals surface area contributed by atoms with E-state index < -0.39 is 0 Å². The maximum Gasteiger partial charge on any atom is 0.255 e. The Morgan fingerprint density at radius 3 is 1.93 bits per heavy atom. The van der Waals surface area contributed by atoms with Crippen molar-refractivity contribution in [3.05, 3.63) is 94.5 Å². The molecule has 0 radical (unpaired) electrons. The second kappa shape index (κ2) is 8.19. The number of nitriles is 1. The molecule has 0 aliphatic heterocycles. The van der Waals surface area contributed by atoms with Gasteiger partial charge in [0.15, 0.2) is 0 Å². The van der Waals surface area contributed by atoms with Gasteiger partial charge in [0, 0.05) is 22.5 Å². The number of aryl methyl sites for hydroxylation is 1. The first-order chi connectivity index (χ1) is 13.5. The molecule has 3 aromatic carbocycles. The lowest BCUT2D eigenvalue weighted by Gasteiger charge is -2.11. The lowest BCUT2D eigenvalue weighted by Crippen LogP contribution is -2.15. The van der Waals surface area contributed by atoms with Gasteiger partial charge in [0.2, 0.25) is 0 Å². The minimum absolute atomic E-state index is 0.229. The molecule has 0 atom stereocenters. The zero-order chi connectivity index (χ0) is 20.1. The van der Waals surface area contributed by atoms with Crippen LogP contribution in [0.5, 0.6) is 0 Å². The van der Waals surface area contributed by atoms with Crippen molar-refractivity contribution in [3.8, 4) is 6.07 Å². The van der Waals surface area contributed by atoms with E-state index in [1.165, 1.54) is 0 Å². The predicted octanol–water partition coefficient (Wildman–Crippen LogP) is 4.68. The molecule has 0 aromatic heterocycles. The number of benzene rings is 3. The molecule has 2 amide bonds. The van der Waals surface area contributed by atoms with Crippen LogP contribution < -0.4 is 10.6 Å². The molecule has 0 bridgehead atoms. The minimum Gasteiger partial charge on any atom is -0.322 e. The Bertz CT molecular complexity index is 1060. The summed E-state index contributed by atoms with van der Waals surface area (Å²) in [7, 11) is 0. The van der Waals surface area contributed by atoms with E-state index >= 15 is 0 Å². The van der Waals surface area contributed by atoms with Crippen molar-refractivity contribution >= 4 is 23.2 Å². The van der Waals surface area contributed by atoms with Gasteiger partial charge in [-0.1, -0.05) is 12.1 Å². The molecule has 0 saturated carbocycles. The van der Waals surface area contributed by atoms with E-state index in [2.05, 4.69) is 10.6 Å². The lowest BCUT2D eigenvalue weighted by molar-refractivity contribution is 0.101. The molecule has 0 spiro atoms. The van der Waals surface area contributed by atoms with Crippen molar-refractivity contribution in [2.24, 2.45) is 0 Å². The van der Waals surface area contributed by atoms with E-state index in [1.807, 2.05) is 38.1 Å². The van der Waals surface area contributed by atoms with Crippen LogP contribution in [-0.4, -0.2) is 11.8 Å². The normalized spacial score (nSPS) is 10.0. The number of nitrogens with zero attached hydrogens (tertiary/aromatic N) is 1. The van der Waals surface area contributed by atoms with Gasteiger partial charge in [-0.15, -0.1) is 0 Å². The van der Waals surface area contributed by atoms with Gasteiger partial charge in [0.1, 0.15) is 0 Å². The SMILES string of the molecule is Cc1cccc(NC(=O)c2ccc(C(=O)Nc3ccc(C#N)cc3)cc2)c1C. The van der Waals surface area contributed by atoms with Crippen LogP contribution in [0.15, 0.2) is 66.7 Å². The highest BCUT2D eigenvalue weighted by Gasteiger charge is 2.11. The number of anilines is 2. The fourth-order valence-corrected chi connectivity index (χ4v) is 2.69. The van der Waals surface area contributed by atoms with Crippen LogP contribution >= 0.6 is 0 Å². The molecule has 5 heteroatoms. The quantitative estimate of drug-likeness (QED) is 0.700. The number of carbonyl (C=O) groups excluding carboxylic acids is 2. The standard InChI is InChI=1S/C23H19N3O2/c1-15-4-3-5-21(16(15)2)26-23(28)19-10-8-18(9-11-19)22(27)25-20-12-6-17(14-24)7-13-20/h3-13H,1-2H3,(H,25,27)(H,26,28). The summed E-state index contributed by atoms with van der Waals surface area (Å²) in [6.07, 6.45) is 0. The Morgan fingerprint density at radius 1 is 0.786 bits per heavy atom. The molecule has 0 aliphatic rings. The fourth-order valence-electron chi connectivity index (χ4n) is 2.69. The van der Waals surface area contributed by atoms with Gasteiger partial charge in [-0.2, -0.15) is 5.26 Å². The van der Waals surface area contributed by atoms with Crippen LogP contribution in [0.1, 0.15) is 37.4 Å². The molecular formula is C23H19N3O2. The summed E-state index contributed by atoms with van der Waals surface area (Å²) < 4.78 is 0. The fraction of sp³-hybridized carbons (Fsp3) is 0.0870. The minimum atomic E-state index is -0.286. The average Bonchev–Trinajstić information content (AvgIpc) is 2.72. The largest absolute Gasteiger partial charge is 0.322 e. The number of hydrogen-bond acceptors (Lipinski definition) is 3. The zero-order valence-electron chi connectivity index (χ0n) is 15.6. The van der Waals surface area contributed by atoms with E-state index in [1.54, 1.807) is 48.5 Å². The van der Waals surface area contributed by atoms with E-state index in [9.17, 15) is 9.59 Å². The van der Waals surface area contributed by atoms with Gasteiger partial charge in [-0.25, -0.2) is 0 Å². The summed E-state index contributed by atoms with van der Waals surface area (Å²) >= 11 is 0. The molecule has 3 rings (SSSR count). The molecule has 138 valence electrons. The van der Waals surface area contributed by atoms with Crippen LogP contribution in [0.4, 0.5) is 11.4 Å². The lowest BCUT2D eigenvalue weighted by atomic mass is 10.1. The van der Waals surface area contributed by atoms with Crippen LogP contribution in [0.3, 0.4) is 0 Å². The highest BCUT2D eigenvalue weighted by molar-refractivity contribution is 6.07. The second-order valence-electron chi connectivity index (χ2n) is 6.42. The number of amides is 2. The third-order valence-corrected chi connectivity index (χ3v) is 4.53. The van der Waals surface area contributed by atoms with Gasteiger partial charge in [0.25, 0.3) is 11.8 Å². The molecule has 5 nitrogen and oxygen atoms in total. The summed E-state index contributed by atoms with van der Waals surface area (Å²) in [6, 6.07) is 20.8. The number of carbonyl (C=O) groups is 2. The smallest absolute Gasteiger partial charge is 0.255 e. The summed E-state index contributed by atoms with van der Waals surface area (Å²) in [4.78, 5) is 24.8. The van der Waals surface area contributed by atoms with Gasteiger partial charge in [0.05, 0.1) is 11.6 Å². The molecule has 3 aromatic rings. The van der Waals surface area contributed by atoms with Crippen LogP contribution in [-0.2, 0) is 0 Å². The molecule has 28 heavy (non-hydrogen) atoms. The Labute approximate surface area is 163 Å². The summed E-state index contributed by atoms with van der Waals surface area (Å²) in [5, 5.41) is 14.5. The first kappa shape index (κ1) is 18.9. The van der Waals surface area contributed by atoms with Crippen LogP contribution in [0, 0.1) is 25.2 Å². The van der Waals surface area contributed by atoms with Gasteiger partial charge in [-0.3, -0.25) is 9.59 Å². The van der Waals surface area contributed by atoms with E-state index in [4.69, 9.17) is 5.26 Å². The second-order valence-corrected chi connectivity index (χ2v) is 6.42. The third-order valence-electron chi connectivity index (χ3n) is 4.53. The van der Waals surface area contributed by atoms with Gasteiger partial charge in [-0.05, 0) is 79.6 Å². The Kier molecular flexibility index (Phi) is 5.52. The summed E-state index contributed by atoms with van der Waals surface area (Å²) in [5.74, 6) is -0.515. The third kappa shape index (κ3) is 4.25. The highest BCUT2D eigenvalue weighted by atomic mass is 16.2. The first-order valence-electron chi connectivity index (χ1n) is 8.77. The maximum atomic E-state index is 12.5. The van der Waals surface area contributed by atoms with Crippen LogP contribution in [0.25, 0.3) is 0 Å². The van der Waals surface area contributed by atoms with Gasteiger partial charge >= 0.3 is 0 Å². The topological polar surface area (TPSA) is 82.0 Å². The number of nitrogens with one attached hydrogen (secondary N) is 2. The average molecular weight is 369 g/mol.